The van der Waals surface area contributed by atoms with Crippen LogP contribution in [0.1, 0.15) is 45.3 Å². The number of nitrogens with zero attached hydrogens (tertiary/aromatic N) is 1. The fourth-order valence-electron chi connectivity index (χ4n) is 4.86. The van der Waals surface area contributed by atoms with Crippen molar-refractivity contribution in [1.82, 2.24) is 5.32 Å². The zero-order chi connectivity index (χ0) is 24.9. The van der Waals surface area contributed by atoms with Crippen LogP contribution in [0.3, 0.4) is 0 Å². The molecule has 2 atom stereocenters. The molecule has 186 valence electrons. The number of hydrogen-bond donors (Lipinski definition) is 2. The summed E-state index contributed by atoms with van der Waals surface area (Å²) in [5, 5.41) is 5.09. The van der Waals surface area contributed by atoms with Gasteiger partial charge in [0.05, 0.1) is 11.7 Å². The van der Waals surface area contributed by atoms with Gasteiger partial charge in [-0.1, -0.05) is 54.6 Å². The number of fused-ring (bicyclic) bond motifs is 1. The van der Waals surface area contributed by atoms with Crippen molar-refractivity contribution in [2.45, 2.75) is 37.3 Å². The van der Waals surface area contributed by atoms with E-state index in [0.29, 0.717) is 17.8 Å². The second-order valence-corrected chi connectivity index (χ2v) is 9.72. The molecule has 0 saturated carbocycles. The van der Waals surface area contributed by atoms with Crippen LogP contribution in [0.25, 0.3) is 0 Å². The first-order chi connectivity index (χ1) is 17.6. The van der Waals surface area contributed by atoms with Crippen LogP contribution in [-0.4, -0.2) is 37.6 Å². The lowest BCUT2D eigenvalue weighted by Gasteiger charge is -2.32. The van der Waals surface area contributed by atoms with Gasteiger partial charge in [0.15, 0.2) is 0 Å². The van der Waals surface area contributed by atoms with Crippen LogP contribution >= 0.6 is 11.6 Å². The molecule has 2 amide bonds. The van der Waals surface area contributed by atoms with Crippen molar-refractivity contribution < 1.29 is 14.3 Å². The number of anilines is 2. The average Bonchev–Trinajstić information content (AvgIpc) is 3.45. The third-order valence-electron chi connectivity index (χ3n) is 6.82. The Hall–Kier alpha value is -3.35. The molecule has 36 heavy (non-hydrogen) atoms. The molecule has 2 heterocycles. The molecule has 2 aliphatic rings. The van der Waals surface area contributed by atoms with Crippen molar-refractivity contribution in [3.8, 4) is 0 Å². The van der Waals surface area contributed by atoms with E-state index in [-0.39, 0.29) is 17.9 Å². The van der Waals surface area contributed by atoms with Crippen LogP contribution in [0.15, 0.2) is 72.8 Å². The molecule has 2 N–H and O–H groups in total. The standard InChI is InChI=1S/C29H30ClN3O3/c30-27(21-8-2-1-3-9-21)29(35)32-23-12-13-26(33-15-14-20-7-4-5-10-22(20)19-33)25(17-23)28(34)31-18-24-11-6-16-36-24/h1-5,7-10,12-13,17,24,27H,6,11,14-16,18-19H2,(H,31,34)(H,32,35). The lowest BCUT2D eigenvalue weighted by atomic mass is 9.98. The fraction of sp³-hybridized carbons (Fsp3) is 0.310. The molecule has 0 spiro atoms. The molecule has 0 aliphatic carbocycles. The molecule has 5 rings (SSSR count). The van der Waals surface area contributed by atoms with E-state index in [1.54, 1.807) is 6.07 Å². The van der Waals surface area contributed by atoms with Crippen LogP contribution in [0.2, 0.25) is 0 Å². The van der Waals surface area contributed by atoms with Crippen molar-refractivity contribution in [2.75, 3.05) is 29.9 Å². The summed E-state index contributed by atoms with van der Waals surface area (Å²) in [4.78, 5) is 28.4. The van der Waals surface area contributed by atoms with Gasteiger partial charge in [-0.05, 0) is 54.2 Å². The molecule has 3 aromatic carbocycles. The molecule has 2 unspecified atom stereocenters. The molecule has 3 aromatic rings. The minimum atomic E-state index is -0.832. The third kappa shape index (κ3) is 5.55. The van der Waals surface area contributed by atoms with E-state index in [0.717, 1.165) is 50.2 Å². The number of halogens is 1. The fourth-order valence-corrected chi connectivity index (χ4v) is 5.06. The molecular formula is C29H30ClN3O3. The van der Waals surface area contributed by atoms with E-state index in [9.17, 15) is 9.59 Å². The Morgan fingerprint density at radius 3 is 2.58 bits per heavy atom. The quantitative estimate of drug-likeness (QED) is 0.441. The van der Waals surface area contributed by atoms with E-state index < -0.39 is 5.38 Å². The zero-order valence-corrected chi connectivity index (χ0v) is 20.8. The highest BCUT2D eigenvalue weighted by atomic mass is 35.5. The summed E-state index contributed by atoms with van der Waals surface area (Å²) < 4.78 is 5.67. The Morgan fingerprint density at radius 2 is 1.81 bits per heavy atom. The highest BCUT2D eigenvalue weighted by Crippen LogP contribution is 2.30. The predicted molar refractivity (Wildman–Crippen MR) is 143 cm³/mol. The number of carbonyl (C=O) groups excluding carboxylic acids is 2. The van der Waals surface area contributed by atoms with Crippen molar-refractivity contribution in [2.24, 2.45) is 0 Å². The molecule has 0 bridgehead atoms. The average molecular weight is 504 g/mol. The number of carbonyl (C=O) groups is 2. The summed E-state index contributed by atoms with van der Waals surface area (Å²) in [5.74, 6) is -0.519. The van der Waals surface area contributed by atoms with Gasteiger partial charge in [-0.2, -0.15) is 0 Å². The zero-order valence-electron chi connectivity index (χ0n) is 20.1. The van der Waals surface area contributed by atoms with Gasteiger partial charge in [-0.3, -0.25) is 9.59 Å². The first kappa shape index (κ1) is 24.3. The summed E-state index contributed by atoms with van der Waals surface area (Å²) in [6.45, 7) is 2.75. The Labute approximate surface area is 216 Å². The highest BCUT2D eigenvalue weighted by molar-refractivity contribution is 6.32. The number of benzene rings is 3. The maximum atomic E-state index is 13.4. The number of ether oxygens (including phenoxy) is 1. The lowest BCUT2D eigenvalue weighted by Crippen LogP contribution is -2.35. The molecule has 6 nitrogen and oxygen atoms in total. The minimum Gasteiger partial charge on any atom is -0.376 e. The third-order valence-corrected chi connectivity index (χ3v) is 7.27. The molecule has 7 heteroatoms. The van der Waals surface area contributed by atoms with E-state index in [1.807, 2.05) is 48.5 Å². The van der Waals surface area contributed by atoms with E-state index in [1.165, 1.54) is 11.1 Å². The van der Waals surface area contributed by atoms with Gasteiger partial charge in [-0.25, -0.2) is 0 Å². The van der Waals surface area contributed by atoms with Gasteiger partial charge in [-0.15, -0.1) is 11.6 Å². The van der Waals surface area contributed by atoms with Crippen LogP contribution in [0, 0.1) is 0 Å². The Bertz CT molecular complexity index is 1230. The molecule has 0 aromatic heterocycles. The molecule has 0 radical (unpaired) electrons. The second kappa shape index (κ2) is 11.1. The maximum Gasteiger partial charge on any atom is 0.253 e. The Morgan fingerprint density at radius 1 is 1.03 bits per heavy atom. The first-order valence-electron chi connectivity index (χ1n) is 12.4. The Kier molecular flexibility index (Phi) is 7.54. The van der Waals surface area contributed by atoms with Gasteiger partial charge >= 0.3 is 0 Å². The van der Waals surface area contributed by atoms with Crippen molar-refractivity contribution in [1.29, 1.82) is 0 Å². The number of hydrogen-bond acceptors (Lipinski definition) is 4. The van der Waals surface area contributed by atoms with Gasteiger partial charge in [0.2, 0.25) is 5.91 Å². The van der Waals surface area contributed by atoms with Gasteiger partial charge in [0, 0.05) is 37.6 Å². The summed E-state index contributed by atoms with van der Waals surface area (Å²) >= 11 is 6.42. The van der Waals surface area contributed by atoms with Crippen molar-refractivity contribution in [3.05, 3.63) is 95.1 Å². The topological polar surface area (TPSA) is 70.7 Å². The SMILES string of the molecule is O=C(NCC1CCCO1)c1cc(NC(=O)C(Cl)c2ccccc2)ccc1N1CCc2ccccc2C1. The first-order valence-corrected chi connectivity index (χ1v) is 12.9. The smallest absolute Gasteiger partial charge is 0.253 e. The molecule has 1 saturated heterocycles. The number of amides is 2. The summed E-state index contributed by atoms with van der Waals surface area (Å²) in [7, 11) is 0. The largest absolute Gasteiger partial charge is 0.376 e. The van der Waals surface area contributed by atoms with Gasteiger partial charge in [0.25, 0.3) is 5.91 Å². The van der Waals surface area contributed by atoms with Crippen LogP contribution < -0.4 is 15.5 Å². The van der Waals surface area contributed by atoms with Crippen molar-refractivity contribution >= 4 is 34.8 Å². The number of nitrogens with one attached hydrogen (secondary N) is 2. The normalized spacial score (nSPS) is 17.8. The highest BCUT2D eigenvalue weighted by Gasteiger charge is 2.24. The molecule has 1 fully saturated rings. The van der Waals surface area contributed by atoms with E-state index in [2.05, 4.69) is 33.7 Å². The van der Waals surface area contributed by atoms with Crippen LogP contribution in [0.4, 0.5) is 11.4 Å². The number of alkyl halides is 1. The van der Waals surface area contributed by atoms with E-state index >= 15 is 0 Å². The second-order valence-electron chi connectivity index (χ2n) is 9.28. The number of rotatable bonds is 7. The monoisotopic (exact) mass is 503 g/mol. The van der Waals surface area contributed by atoms with Crippen LogP contribution in [0.5, 0.6) is 0 Å². The summed E-state index contributed by atoms with van der Waals surface area (Å²) in [6.07, 6.45) is 2.92. The predicted octanol–water partition coefficient (Wildman–Crippen LogP) is 5.08. The summed E-state index contributed by atoms with van der Waals surface area (Å²) in [5.41, 5.74) is 5.23. The van der Waals surface area contributed by atoms with Gasteiger partial charge in [0.1, 0.15) is 5.38 Å². The van der Waals surface area contributed by atoms with E-state index in [4.69, 9.17) is 16.3 Å². The lowest BCUT2D eigenvalue weighted by molar-refractivity contribution is -0.116. The Balaban J connectivity index is 1.38. The summed E-state index contributed by atoms with van der Waals surface area (Å²) in [6, 6.07) is 23.1. The molecular weight excluding hydrogens is 474 g/mol. The minimum absolute atomic E-state index is 0.0463. The maximum absolute atomic E-state index is 13.4. The van der Waals surface area contributed by atoms with Crippen molar-refractivity contribution in [3.63, 3.8) is 0 Å². The van der Waals surface area contributed by atoms with Crippen LogP contribution in [-0.2, 0) is 22.5 Å². The molecule has 2 aliphatic heterocycles. The van der Waals surface area contributed by atoms with Gasteiger partial charge < -0.3 is 20.3 Å².